The Kier molecular flexibility index (Phi) is 6.62. The molecule has 24 heavy (non-hydrogen) atoms. The molecular weight excluding hydrogens is 298 g/mol. The average molecular weight is 323 g/mol. The van der Waals surface area contributed by atoms with Crippen LogP contribution in [0.1, 0.15) is 31.9 Å². The molecule has 0 saturated heterocycles. The predicted molar refractivity (Wildman–Crippen MR) is 100 cm³/mol. The van der Waals surface area contributed by atoms with Crippen LogP contribution in [0.2, 0.25) is 0 Å². The average Bonchev–Trinajstić information content (AvgIpc) is 2.56. The highest BCUT2D eigenvalue weighted by Crippen LogP contribution is 2.16. The molecular formula is C21H25NO2. The van der Waals surface area contributed by atoms with E-state index in [1.807, 2.05) is 49.4 Å². The smallest absolute Gasteiger partial charge is 0.248 e. The second-order valence-electron chi connectivity index (χ2n) is 6.12. The van der Waals surface area contributed by atoms with Crippen molar-refractivity contribution in [2.45, 2.75) is 27.2 Å². The summed E-state index contributed by atoms with van der Waals surface area (Å²) in [6.45, 7) is 6.98. The lowest BCUT2D eigenvalue weighted by Gasteiger charge is -2.06. The molecule has 0 radical (unpaired) electrons. The monoisotopic (exact) mass is 323 g/mol. The first kappa shape index (κ1) is 17.8. The predicted octanol–water partition coefficient (Wildman–Crippen LogP) is 4.94. The van der Waals surface area contributed by atoms with E-state index in [1.54, 1.807) is 6.08 Å². The van der Waals surface area contributed by atoms with Gasteiger partial charge in [0.2, 0.25) is 5.91 Å². The molecule has 1 N–H and O–H groups in total. The number of nitrogens with one attached hydrogen (secondary N) is 1. The Labute approximate surface area is 144 Å². The molecule has 0 fully saturated rings. The van der Waals surface area contributed by atoms with Gasteiger partial charge in [-0.05, 0) is 60.7 Å². The number of carbonyl (C=O) groups is 1. The van der Waals surface area contributed by atoms with Crippen molar-refractivity contribution < 1.29 is 9.53 Å². The van der Waals surface area contributed by atoms with Crippen molar-refractivity contribution >= 4 is 17.7 Å². The maximum Gasteiger partial charge on any atom is 0.248 e. The van der Waals surface area contributed by atoms with E-state index in [1.165, 1.54) is 5.56 Å². The van der Waals surface area contributed by atoms with Crippen LogP contribution >= 0.6 is 0 Å². The standard InChI is InChI=1S/C21H25NO2/c1-4-24-20-12-10-19(11-13-20)22-21(23)14-9-17-5-7-18(8-6-17)15-16(2)3/h5-14,16H,4,15H2,1-3H3,(H,22,23)/b14-9-. The molecule has 126 valence electrons. The zero-order chi connectivity index (χ0) is 17.4. The van der Waals surface area contributed by atoms with E-state index in [-0.39, 0.29) is 5.91 Å². The Hall–Kier alpha value is -2.55. The summed E-state index contributed by atoms with van der Waals surface area (Å²) in [6, 6.07) is 15.7. The van der Waals surface area contributed by atoms with E-state index < -0.39 is 0 Å². The molecule has 3 heteroatoms. The van der Waals surface area contributed by atoms with E-state index in [9.17, 15) is 4.79 Å². The lowest BCUT2D eigenvalue weighted by Crippen LogP contribution is -2.07. The summed E-state index contributed by atoms with van der Waals surface area (Å²) in [5, 5.41) is 2.84. The fourth-order valence-corrected chi connectivity index (χ4v) is 2.39. The fourth-order valence-electron chi connectivity index (χ4n) is 2.39. The first-order chi connectivity index (χ1) is 11.6. The lowest BCUT2D eigenvalue weighted by atomic mass is 10.0. The molecule has 3 nitrogen and oxygen atoms in total. The summed E-state index contributed by atoms with van der Waals surface area (Å²) >= 11 is 0. The van der Waals surface area contributed by atoms with Gasteiger partial charge in [-0.1, -0.05) is 38.1 Å². The summed E-state index contributed by atoms with van der Waals surface area (Å²) in [5.41, 5.74) is 3.09. The van der Waals surface area contributed by atoms with Crippen molar-refractivity contribution in [2.75, 3.05) is 11.9 Å². The number of amides is 1. The summed E-state index contributed by atoms with van der Waals surface area (Å²) < 4.78 is 5.38. The summed E-state index contributed by atoms with van der Waals surface area (Å²) in [7, 11) is 0. The lowest BCUT2D eigenvalue weighted by molar-refractivity contribution is -0.111. The fraction of sp³-hybridized carbons (Fsp3) is 0.286. The molecule has 0 aliphatic rings. The van der Waals surface area contributed by atoms with E-state index in [0.29, 0.717) is 12.5 Å². The number of carbonyl (C=O) groups excluding carboxylic acids is 1. The van der Waals surface area contributed by atoms with Crippen LogP contribution in [0.25, 0.3) is 6.08 Å². The molecule has 0 atom stereocenters. The molecule has 0 aromatic heterocycles. The number of ether oxygens (including phenoxy) is 1. The molecule has 2 rings (SSSR count). The van der Waals surface area contributed by atoms with Crippen molar-refractivity contribution in [2.24, 2.45) is 5.92 Å². The molecule has 0 saturated carbocycles. The largest absolute Gasteiger partial charge is 0.494 e. The highest BCUT2D eigenvalue weighted by Gasteiger charge is 2.00. The maximum atomic E-state index is 12.0. The Balaban J connectivity index is 1.90. The third-order valence-corrected chi connectivity index (χ3v) is 3.48. The van der Waals surface area contributed by atoms with E-state index in [2.05, 4.69) is 31.3 Å². The first-order valence-electron chi connectivity index (χ1n) is 8.37. The van der Waals surface area contributed by atoms with Crippen molar-refractivity contribution in [3.8, 4) is 5.75 Å². The number of anilines is 1. The van der Waals surface area contributed by atoms with Gasteiger partial charge in [0.05, 0.1) is 6.61 Å². The maximum absolute atomic E-state index is 12.0. The zero-order valence-corrected chi connectivity index (χ0v) is 14.6. The molecule has 0 unspecified atom stereocenters. The Morgan fingerprint density at radius 1 is 1.08 bits per heavy atom. The van der Waals surface area contributed by atoms with Gasteiger partial charge in [0.15, 0.2) is 0 Å². The van der Waals surface area contributed by atoms with Crippen LogP contribution in [0.15, 0.2) is 54.6 Å². The van der Waals surface area contributed by atoms with Crippen LogP contribution in [0.3, 0.4) is 0 Å². The van der Waals surface area contributed by atoms with Crippen LogP contribution in [0, 0.1) is 5.92 Å². The molecule has 0 heterocycles. The van der Waals surface area contributed by atoms with E-state index in [0.717, 1.165) is 23.4 Å². The van der Waals surface area contributed by atoms with Crippen molar-refractivity contribution in [1.82, 2.24) is 0 Å². The van der Waals surface area contributed by atoms with Gasteiger partial charge in [-0.2, -0.15) is 0 Å². The molecule has 2 aromatic rings. The minimum absolute atomic E-state index is 0.148. The Morgan fingerprint density at radius 2 is 1.75 bits per heavy atom. The zero-order valence-electron chi connectivity index (χ0n) is 14.6. The number of benzene rings is 2. The second-order valence-corrected chi connectivity index (χ2v) is 6.12. The van der Waals surface area contributed by atoms with Gasteiger partial charge in [-0.25, -0.2) is 0 Å². The normalized spacial score (nSPS) is 11.0. The van der Waals surface area contributed by atoms with Gasteiger partial charge >= 0.3 is 0 Å². The van der Waals surface area contributed by atoms with Crippen LogP contribution < -0.4 is 10.1 Å². The number of rotatable bonds is 7. The Bertz CT molecular complexity index is 670. The van der Waals surface area contributed by atoms with Gasteiger partial charge in [0.1, 0.15) is 5.75 Å². The molecule has 0 spiro atoms. The van der Waals surface area contributed by atoms with Crippen molar-refractivity contribution in [3.63, 3.8) is 0 Å². The van der Waals surface area contributed by atoms with Crippen molar-refractivity contribution in [3.05, 3.63) is 65.7 Å². The minimum atomic E-state index is -0.148. The second kappa shape index (κ2) is 8.92. The molecule has 0 bridgehead atoms. The van der Waals surface area contributed by atoms with Gasteiger partial charge in [0, 0.05) is 11.8 Å². The molecule has 1 amide bonds. The Morgan fingerprint density at radius 3 is 2.33 bits per heavy atom. The van der Waals surface area contributed by atoms with Crippen LogP contribution in [-0.2, 0) is 11.2 Å². The summed E-state index contributed by atoms with van der Waals surface area (Å²) in [4.78, 5) is 12.0. The molecule has 2 aromatic carbocycles. The highest BCUT2D eigenvalue weighted by molar-refractivity contribution is 6.01. The SMILES string of the molecule is CCOc1ccc(NC(=O)/C=C\c2ccc(CC(C)C)cc2)cc1. The number of hydrogen-bond acceptors (Lipinski definition) is 2. The van der Waals surface area contributed by atoms with Gasteiger partial charge < -0.3 is 10.1 Å². The highest BCUT2D eigenvalue weighted by atomic mass is 16.5. The minimum Gasteiger partial charge on any atom is -0.494 e. The molecule has 0 aliphatic carbocycles. The van der Waals surface area contributed by atoms with E-state index >= 15 is 0 Å². The van der Waals surface area contributed by atoms with Gasteiger partial charge in [-0.15, -0.1) is 0 Å². The van der Waals surface area contributed by atoms with Crippen LogP contribution in [0.5, 0.6) is 5.75 Å². The number of hydrogen-bond donors (Lipinski definition) is 1. The topological polar surface area (TPSA) is 38.3 Å². The van der Waals surface area contributed by atoms with Crippen LogP contribution in [-0.4, -0.2) is 12.5 Å². The van der Waals surface area contributed by atoms with Crippen LogP contribution in [0.4, 0.5) is 5.69 Å². The van der Waals surface area contributed by atoms with Crippen molar-refractivity contribution in [1.29, 1.82) is 0 Å². The summed E-state index contributed by atoms with van der Waals surface area (Å²) in [5.74, 6) is 1.30. The third-order valence-electron chi connectivity index (χ3n) is 3.48. The summed E-state index contributed by atoms with van der Waals surface area (Å²) in [6.07, 6.45) is 4.44. The third kappa shape index (κ3) is 5.92. The van der Waals surface area contributed by atoms with E-state index in [4.69, 9.17) is 4.74 Å². The first-order valence-corrected chi connectivity index (χ1v) is 8.37. The molecule has 0 aliphatic heterocycles. The van der Waals surface area contributed by atoms with Gasteiger partial charge in [0.25, 0.3) is 0 Å². The quantitative estimate of drug-likeness (QED) is 0.733. The van der Waals surface area contributed by atoms with Gasteiger partial charge in [-0.3, -0.25) is 4.79 Å².